The Kier molecular flexibility index (Phi) is 6.14. The van der Waals surface area contributed by atoms with Crippen molar-refractivity contribution in [2.75, 3.05) is 34.7 Å². The number of rotatable bonds is 5. The Labute approximate surface area is 198 Å². The Balaban J connectivity index is 2.01. The summed E-state index contributed by atoms with van der Waals surface area (Å²) in [5.74, 6) is 0.299. The lowest BCUT2D eigenvalue weighted by Crippen LogP contribution is -2.35. The first-order valence-corrected chi connectivity index (χ1v) is 11.2. The van der Waals surface area contributed by atoms with Crippen molar-refractivity contribution in [2.45, 2.75) is 24.7 Å². The molecule has 0 aliphatic heterocycles. The molecule has 1 heterocycles. The number of amides is 2. The predicted molar refractivity (Wildman–Crippen MR) is 129 cm³/mol. The van der Waals surface area contributed by atoms with Crippen LogP contribution in [0.4, 0.5) is 0 Å². The summed E-state index contributed by atoms with van der Waals surface area (Å²) in [6.07, 6.45) is 1.81. The third-order valence-electron chi connectivity index (χ3n) is 6.52. The third-order valence-corrected chi connectivity index (χ3v) is 6.52. The fraction of sp³-hybridized carbons (Fsp3) is 0.360. The highest BCUT2D eigenvalue weighted by atomic mass is 16.2. The Hall–Kier alpha value is -3.72. The highest BCUT2D eigenvalue weighted by Gasteiger charge is 2.43. The van der Waals surface area contributed by atoms with Crippen LogP contribution < -0.4 is 11.4 Å². The summed E-state index contributed by atoms with van der Waals surface area (Å²) in [7, 11) is 6.89. The van der Waals surface area contributed by atoms with Crippen molar-refractivity contribution in [2.24, 2.45) is 5.73 Å². The van der Waals surface area contributed by atoms with Gasteiger partial charge in [-0.2, -0.15) is 5.10 Å². The van der Waals surface area contributed by atoms with E-state index in [-0.39, 0.29) is 11.8 Å². The number of carbonyl (C=O) groups excluding carboxylic acids is 2. The van der Waals surface area contributed by atoms with E-state index in [2.05, 4.69) is 15.2 Å². The van der Waals surface area contributed by atoms with E-state index in [1.807, 2.05) is 36.4 Å². The van der Waals surface area contributed by atoms with E-state index in [4.69, 9.17) is 5.73 Å². The van der Waals surface area contributed by atoms with Gasteiger partial charge in [0.1, 0.15) is 5.82 Å². The normalized spacial score (nSPS) is 14.0. The van der Waals surface area contributed by atoms with Gasteiger partial charge in [0.15, 0.2) is 0 Å². The highest BCUT2D eigenvalue weighted by molar-refractivity contribution is 5.95. The van der Waals surface area contributed by atoms with Crippen molar-refractivity contribution in [3.63, 3.8) is 0 Å². The number of hydrogen-bond acceptors (Lipinski definition) is 5. The van der Waals surface area contributed by atoms with Crippen molar-refractivity contribution >= 4 is 11.8 Å². The summed E-state index contributed by atoms with van der Waals surface area (Å²) >= 11 is 0. The second kappa shape index (κ2) is 8.90. The zero-order chi connectivity index (χ0) is 24.6. The van der Waals surface area contributed by atoms with E-state index < -0.39 is 11.1 Å². The molecular weight excluding hydrogens is 432 g/mol. The topological polar surface area (TPSA) is 128 Å². The molecule has 0 spiro atoms. The molecule has 0 fully saturated rings. The molecule has 1 aromatic heterocycles. The van der Waals surface area contributed by atoms with E-state index in [9.17, 15) is 14.4 Å². The van der Waals surface area contributed by atoms with Crippen LogP contribution in [0.2, 0.25) is 0 Å². The van der Waals surface area contributed by atoms with Crippen molar-refractivity contribution in [3.8, 4) is 0 Å². The molecule has 178 valence electrons. The van der Waals surface area contributed by atoms with Gasteiger partial charge in [0.25, 0.3) is 11.8 Å². The number of aromatic nitrogens is 3. The maximum atomic E-state index is 12.7. The van der Waals surface area contributed by atoms with Gasteiger partial charge in [-0.1, -0.05) is 12.1 Å². The van der Waals surface area contributed by atoms with Crippen molar-refractivity contribution in [1.82, 2.24) is 25.0 Å². The average molecular weight is 463 g/mol. The molecule has 34 heavy (non-hydrogen) atoms. The maximum absolute atomic E-state index is 12.7. The smallest absolute Gasteiger partial charge is 0.340 e. The van der Waals surface area contributed by atoms with Crippen LogP contribution in [0.25, 0.3) is 0 Å². The number of nitrogens with one attached hydrogen (secondary N) is 2. The minimum Gasteiger partial charge on any atom is -0.345 e. The molecule has 0 unspecified atom stereocenters. The lowest BCUT2D eigenvalue weighted by Gasteiger charge is -2.34. The van der Waals surface area contributed by atoms with E-state index in [0.717, 1.165) is 22.3 Å². The number of H-pyrrole nitrogens is 2. The molecule has 0 bridgehead atoms. The molecule has 2 amide bonds. The Bertz CT molecular complexity index is 1230. The third kappa shape index (κ3) is 3.81. The Morgan fingerprint density at radius 2 is 1.44 bits per heavy atom. The first kappa shape index (κ1) is 23.4. The quantitative estimate of drug-likeness (QED) is 0.526. The molecule has 2 aromatic carbocycles. The number of fused-ring (bicyclic) bond motifs is 2. The van der Waals surface area contributed by atoms with Crippen LogP contribution in [0, 0.1) is 0 Å². The Morgan fingerprint density at radius 3 is 1.82 bits per heavy atom. The molecule has 9 nitrogen and oxygen atoms in total. The minimum atomic E-state index is -0.839. The number of carbonyl (C=O) groups is 2. The van der Waals surface area contributed by atoms with Gasteiger partial charge >= 0.3 is 5.69 Å². The molecule has 1 aliphatic rings. The van der Waals surface area contributed by atoms with Crippen molar-refractivity contribution in [3.05, 3.63) is 86.1 Å². The number of nitrogens with two attached hydrogens (primary N) is 1. The first-order valence-electron chi connectivity index (χ1n) is 11.2. The second-order valence-corrected chi connectivity index (χ2v) is 9.11. The molecule has 0 radical (unpaired) electrons. The summed E-state index contributed by atoms with van der Waals surface area (Å²) in [6, 6.07) is 11.4. The monoisotopic (exact) mass is 462 g/mol. The lowest BCUT2D eigenvalue weighted by atomic mass is 9.69. The van der Waals surface area contributed by atoms with Crippen LogP contribution in [-0.4, -0.2) is 71.5 Å². The maximum Gasteiger partial charge on any atom is 0.340 e. The molecular formula is C25H30N6O3. The van der Waals surface area contributed by atoms with E-state index in [1.165, 1.54) is 0 Å². The van der Waals surface area contributed by atoms with Gasteiger partial charge < -0.3 is 15.5 Å². The number of benzene rings is 2. The zero-order valence-electron chi connectivity index (χ0n) is 19.9. The molecule has 0 atom stereocenters. The largest absolute Gasteiger partial charge is 0.345 e. The minimum absolute atomic E-state index is 0.0824. The number of hydrogen-bond donors (Lipinski definition) is 3. The fourth-order valence-corrected chi connectivity index (χ4v) is 4.96. The van der Waals surface area contributed by atoms with Gasteiger partial charge in [-0.15, -0.1) is 0 Å². The molecule has 4 rings (SSSR count). The van der Waals surface area contributed by atoms with Gasteiger partial charge in [0.05, 0.1) is 5.41 Å². The number of nitrogens with zero attached hydrogens (tertiary/aromatic N) is 3. The van der Waals surface area contributed by atoms with Gasteiger partial charge in [-0.25, -0.2) is 9.89 Å². The standard InChI is InChI=1S/C25H30N6O3/c1-30(2)21(32)17-7-9-19-15(13-17)5-6-16-14-18(22(33)31(3)4)8-10-20(16)25(19,11-12-26)23-27-24(34)29-28-23/h7-10,13-14H,5-6,11-12,26H2,1-4H3,(H2,27,28,29,34). The molecule has 0 saturated heterocycles. The van der Waals surface area contributed by atoms with Crippen LogP contribution in [0.3, 0.4) is 0 Å². The van der Waals surface area contributed by atoms with Crippen LogP contribution in [0.5, 0.6) is 0 Å². The van der Waals surface area contributed by atoms with Crippen LogP contribution >= 0.6 is 0 Å². The second-order valence-electron chi connectivity index (χ2n) is 9.11. The van der Waals surface area contributed by atoms with E-state index >= 15 is 0 Å². The van der Waals surface area contributed by atoms with E-state index in [1.54, 1.807) is 38.0 Å². The van der Waals surface area contributed by atoms with Crippen LogP contribution in [0.15, 0.2) is 41.2 Å². The van der Waals surface area contributed by atoms with Gasteiger partial charge in [0, 0.05) is 39.3 Å². The SMILES string of the molecule is CN(C)C(=O)c1ccc2c(c1)CCc1cc(C(=O)N(C)C)ccc1C2(CCN)c1n[nH]c(=O)[nH]1. The molecule has 3 aromatic rings. The number of aryl methyl sites for hydroxylation is 2. The summed E-state index contributed by atoms with van der Waals surface area (Å²) in [6.45, 7) is 0.338. The van der Waals surface area contributed by atoms with Crippen LogP contribution in [0.1, 0.15) is 55.2 Å². The van der Waals surface area contributed by atoms with E-state index in [0.29, 0.717) is 42.8 Å². The predicted octanol–water partition coefficient (Wildman–Crippen LogP) is 1.28. The first-order chi connectivity index (χ1) is 16.2. The van der Waals surface area contributed by atoms with Crippen LogP contribution in [-0.2, 0) is 18.3 Å². The van der Waals surface area contributed by atoms with Crippen molar-refractivity contribution < 1.29 is 9.59 Å². The summed E-state index contributed by atoms with van der Waals surface area (Å²) in [5.41, 5.74) is 9.95. The Morgan fingerprint density at radius 1 is 0.941 bits per heavy atom. The number of aromatic amines is 2. The van der Waals surface area contributed by atoms with Crippen molar-refractivity contribution in [1.29, 1.82) is 0 Å². The fourth-order valence-electron chi connectivity index (χ4n) is 4.96. The molecule has 1 aliphatic carbocycles. The summed E-state index contributed by atoms with van der Waals surface area (Å²) < 4.78 is 0. The highest BCUT2D eigenvalue weighted by Crippen LogP contribution is 2.45. The molecule has 9 heteroatoms. The average Bonchev–Trinajstić information content (AvgIpc) is 3.21. The summed E-state index contributed by atoms with van der Waals surface area (Å²) in [4.78, 5) is 43.4. The lowest BCUT2D eigenvalue weighted by molar-refractivity contribution is 0.0820. The zero-order valence-corrected chi connectivity index (χ0v) is 19.9. The molecule has 4 N–H and O–H groups in total. The van der Waals surface area contributed by atoms with Gasteiger partial charge in [0.2, 0.25) is 0 Å². The molecule has 0 saturated carbocycles. The van der Waals surface area contributed by atoms with Gasteiger partial charge in [-0.05, 0) is 72.3 Å². The van der Waals surface area contributed by atoms with Gasteiger partial charge in [-0.3, -0.25) is 14.6 Å². The summed E-state index contributed by atoms with van der Waals surface area (Å²) in [5, 5.41) is 6.84.